The minimum atomic E-state index is 0. The van der Waals surface area contributed by atoms with Gasteiger partial charge in [0.25, 0.3) is 0 Å². The molecule has 0 spiro atoms. The van der Waals surface area contributed by atoms with Crippen LogP contribution in [-0.2, 0) is 6.54 Å². The van der Waals surface area contributed by atoms with Gasteiger partial charge in [0.05, 0.1) is 17.6 Å². The van der Waals surface area contributed by atoms with Crippen LogP contribution in [0.1, 0.15) is 28.1 Å². The highest BCUT2D eigenvalue weighted by Crippen LogP contribution is 2.29. The van der Waals surface area contributed by atoms with E-state index in [0.29, 0.717) is 0 Å². The molecule has 3 heterocycles. The van der Waals surface area contributed by atoms with Crippen molar-refractivity contribution < 1.29 is 4.42 Å². The fourth-order valence-electron chi connectivity index (χ4n) is 3.39. The average molecular weight is 382 g/mol. The normalized spacial score (nSPS) is 10.8. The van der Waals surface area contributed by atoms with Gasteiger partial charge in [-0.2, -0.15) is 0 Å². The van der Waals surface area contributed by atoms with Gasteiger partial charge >= 0.3 is 0 Å². The molecule has 4 rings (SSSR count). The summed E-state index contributed by atoms with van der Waals surface area (Å²) in [7, 11) is 0. The molecule has 0 fully saturated rings. The quantitative estimate of drug-likeness (QED) is 0.481. The molecule has 0 bridgehead atoms. The monoisotopic (exact) mass is 381 g/mol. The first-order valence-corrected chi connectivity index (χ1v) is 8.86. The van der Waals surface area contributed by atoms with Gasteiger partial charge in [-0.1, -0.05) is 18.2 Å². The van der Waals surface area contributed by atoms with Gasteiger partial charge in [-0.3, -0.25) is 0 Å². The third kappa shape index (κ3) is 3.45. The number of aryl methyl sites for hydroxylation is 4. The lowest BCUT2D eigenvalue weighted by atomic mass is 10.0. The first-order valence-electron chi connectivity index (χ1n) is 8.86. The number of rotatable bonds is 4. The zero-order chi connectivity index (χ0) is 18.3. The van der Waals surface area contributed by atoms with Crippen molar-refractivity contribution in [1.29, 1.82) is 0 Å². The van der Waals surface area contributed by atoms with E-state index in [1.807, 2.05) is 19.1 Å². The van der Waals surface area contributed by atoms with Gasteiger partial charge in [-0.25, -0.2) is 4.98 Å². The fourth-order valence-corrected chi connectivity index (χ4v) is 3.39. The molecule has 140 valence electrons. The van der Waals surface area contributed by atoms with Crippen LogP contribution in [0.5, 0.6) is 0 Å². The molecule has 0 radical (unpaired) electrons. The second-order valence-corrected chi connectivity index (χ2v) is 6.82. The Morgan fingerprint density at radius 2 is 1.78 bits per heavy atom. The third-order valence-corrected chi connectivity index (χ3v) is 5.10. The van der Waals surface area contributed by atoms with Crippen molar-refractivity contribution in [2.45, 2.75) is 34.2 Å². The first-order chi connectivity index (χ1) is 12.5. The summed E-state index contributed by atoms with van der Waals surface area (Å²) in [6, 6.07) is 12.4. The van der Waals surface area contributed by atoms with Gasteiger partial charge in [0.15, 0.2) is 5.65 Å². The average Bonchev–Trinajstić information content (AvgIpc) is 3.24. The minimum absolute atomic E-state index is 0. The molecule has 0 saturated heterocycles. The number of hydrogen-bond acceptors (Lipinski definition) is 3. The molecule has 0 aliphatic heterocycles. The summed E-state index contributed by atoms with van der Waals surface area (Å²) >= 11 is 0. The fraction of sp³-hybridized carbons (Fsp3) is 0.227. The van der Waals surface area contributed by atoms with Crippen molar-refractivity contribution in [3.8, 4) is 11.3 Å². The maximum atomic E-state index is 5.61. The van der Waals surface area contributed by atoms with Gasteiger partial charge in [-0.15, -0.1) is 12.4 Å². The van der Waals surface area contributed by atoms with Gasteiger partial charge < -0.3 is 14.1 Å². The Morgan fingerprint density at radius 1 is 1.04 bits per heavy atom. The zero-order valence-electron chi connectivity index (χ0n) is 16.0. The second-order valence-electron chi connectivity index (χ2n) is 6.82. The Bertz CT molecular complexity index is 1060. The van der Waals surface area contributed by atoms with Gasteiger partial charge in [0.1, 0.15) is 5.76 Å². The molecule has 0 atom stereocenters. The maximum absolute atomic E-state index is 5.61. The number of anilines is 1. The van der Waals surface area contributed by atoms with E-state index in [0.717, 1.165) is 40.6 Å². The molecule has 3 aromatic heterocycles. The van der Waals surface area contributed by atoms with Crippen LogP contribution in [0.2, 0.25) is 0 Å². The van der Waals surface area contributed by atoms with Gasteiger partial charge in [-0.05, 0) is 62.6 Å². The molecule has 0 aliphatic carbocycles. The van der Waals surface area contributed by atoms with Crippen molar-refractivity contribution in [3.05, 3.63) is 76.9 Å². The van der Waals surface area contributed by atoms with Crippen molar-refractivity contribution in [2.75, 3.05) is 5.32 Å². The number of halogens is 1. The molecular formula is C22H24ClN3O. The van der Waals surface area contributed by atoms with Crippen molar-refractivity contribution in [3.63, 3.8) is 0 Å². The van der Waals surface area contributed by atoms with Crippen LogP contribution in [0.25, 0.3) is 17.0 Å². The summed E-state index contributed by atoms with van der Waals surface area (Å²) < 4.78 is 7.75. The molecule has 0 amide bonds. The highest BCUT2D eigenvalue weighted by Gasteiger charge is 2.13. The Balaban J connectivity index is 0.00000210. The lowest BCUT2D eigenvalue weighted by Gasteiger charge is -2.14. The number of pyridine rings is 1. The summed E-state index contributed by atoms with van der Waals surface area (Å²) in [6.45, 7) is 9.22. The summed E-state index contributed by atoms with van der Waals surface area (Å²) in [5, 5.41) is 3.60. The molecule has 4 aromatic rings. The van der Waals surface area contributed by atoms with Crippen LogP contribution in [0.15, 0.2) is 53.3 Å². The smallest absolute Gasteiger partial charge is 0.160 e. The van der Waals surface area contributed by atoms with Gasteiger partial charge in [0, 0.05) is 24.0 Å². The highest BCUT2D eigenvalue weighted by atomic mass is 35.5. The number of benzene rings is 1. The number of fused-ring (bicyclic) bond motifs is 1. The van der Waals surface area contributed by atoms with Crippen LogP contribution in [0.4, 0.5) is 5.69 Å². The van der Waals surface area contributed by atoms with Crippen molar-refractivity contribution >= 4 is 23.7 Å². The molecular weight excluding hydrogens is 358 g/mol. The molecule has 0 unspecified atom stereocenters. The molecule has 4 nitrogen and oxygen atoms in total. The zero-order valence-corrected chi connectivity index (χ0v) is 16.9. The van der Waals surface area contributed by atoms with E-state index >= 15 is 0 Å². The Labute approximate surface area is 165 Å². The van der Waals surface area contributed by atoms with Gasteiger partial charge in [0.2, 0.25) is 0 Å². The Morgan fingerprint density at radius 3 is 2.44 bits per heavy atom. The Hall–Kier alpha value is -2.72. The molecule has 27 heavy (non-hydrogen) atoms. The number of furan rings is 1. The Kier molecular flexibility index (Phi) is 5.29. The minimum Gasteiger partial charge on any atom is -0.464 e. The number of aromatic nitrogens is 2. The van der Waals surface area contributed by atoms with Crippen molar-refractivity contribution in [1.82, 2.24) is 9.38 Å². The second kappa shape index (κ2) is 7.49. The van der Waals surface area contributed by atoms with Crippen LogP contribution in [0.3, 0.4) is 0 Å². The molecule has 0 aliphatic rings. The number of nitrogens with one attached hydrogen (secondary N) is 1. The summed E-state index contributed by atoms with van der Waals surface area (Å²) in [5.41, 5.74) is 9.10. The van der Waals surface area contributed by atoms with Crippen LogP contribution >= 0.6 is 12.4 Å². The molecule has 1 aromatic carbocycles. The predicted octanol–water partition coefficient (Wildman–Crippen LogP) is 5.86. The first kappa shape index (κ1) is 19.1. The number of imidazole rings is 1. The van der Waals surface area contributed by atoms with Crippen LogP contribution < -0.4 is 5.32 Å². The standard InChI is InChI=1S/C22H23N3O.ClH/c1-14-7-5-8-15(2)19(14)12-23-20-11-18(21-9-6-10-26-21)13-25-17(4)16(3)24-22(20)25;/h5-11,13,23H,12H2,1-4H3;1H. The largest absolute Gasteiger partial charge is 0.464 e. The number of hydrogen-bond donors (Lipinski definition) is 1. The van der Waals surface area contributed by atoms with E-state index < -0.39 is 0 Å². The molecule has 0 saturated carbocycles. The highest BCUT2D eigenvalue weighted by molar-refractivity contribution is 5.85. The van der Waals surface area contributed by atoms with Crippen LogP contribution in [0, 0.1) is 27.7 Å². The maximum Gasteiger partial charge on any atom is 0.160 e. The predicted molar refractivity (Wildman–Crippen MR) is 113 cm³/mol. The summed E-state index contributed by atoms with van der Waals surface area (Å²) in [4.78, 5) is 4.76. The van der Waals surface area contributed by atoms with Crippen LogP contribution in [-0.4, -0.2) is 9.38 Å². The van der Waals surface area contributed by atoms with E-state index in [-0.39, 0.29) is 12.4 Å². The van der Waals surface area contributed by atoms with E-state index in [1.165, 1.54) is 16.7 Å². The molecule has 1 N–H and O–H groups in total. The summed E-state index contributed by atoms with van der Waals surface area (Å²) in [6.07, 6.45) is 3.79. The topological polar surface area (TPSA) is 42.5 Å². The van der Waals surface area contributed by atoms with Crippen molar-refractivity contribution in [2.24, 2.45) is 0 Å². The summed E-state index contributed by atoms with van der Waals surface area (Å²) in [5.74, 6) is 0.854. The third-order valence-electron chi connectivity index (χ3n) is 5.10. The van der Waals surface area contributed by atoms with E-state index in [1.54, 1.807) is 6.26 Å². The lowest BCUT2D eigenvalue weighted by Crippen LogP contribution is -2.05. The number of nitrogens with zero attached hydrogens (tertiary/aromatic N) is 2. The van der Waals surface area contributed by atoms with E-state index in [9.17, 15) is 0 Å². The lowest BCUT2D eigenvalue weighted by molar-refractivity contribution is 0.582. The SMILES string of the molecule is Cc1cccc(C)c1CNc1cc(-c2ccco2)cn2c(C)c(C)nc12.Cl. The van der Waals surface area contributed by atoms with E-state index in [4.69, 9.17) is 9.40 Å². The molecule has 5 heteroatoms. The van der Waals surface area contributed by atoms with E-state index in [2.05, 4.69) is 61.0 Å².